The second-order valence-corrected chi connectivity index (χ2v) is 8.04. The summed E-state index contributed by atoms with van der Waals surface area (Å²) in [4.78, 5) is 42.5. The molecular formula is C18H24N4O3. The van der Waals surface area contributed by atoms with Crippen LogP contribution in [-0.2, 0) is 9.59 Å². The van der Waals surface area contributed by atoms with Crippen molar-refractivity contribution in [1.82, 2.24) is 15.2 Å². The summed E-state index contributed by atoms with van der Waals surface area (Å²) >= 11 is 0. The molecule has 1 saturated carbocycles. The average Bonchev–Trinajstić information content (AvgIpc) is 2.70. The van der Waals surface area contributed by atoms with Crippen LogP contribution in [0, 0.1) is 11.3 Å². The normalized spacial score (nSPS) is 28.1. The number of hydrogen-bond donors (Lipinski definition) is 2. The number of urea groups is 1. The Morgan fingerprint density at radius 2 is 2.00 bits per heavy atom. The first-order valence-corrected chi connectivity index (χ1v) is 8.55. The van der Waals surface area contributed by atoms with Crippen LogP contribution in [0.4, 0.5) is 10.5 Å². The van der Waals surface area contributed by atoms with Crippen molar-refractivity contribution in [3.63, 3.8) is 0 Å². The van der Waals surface area contributed by atoms with Crippen molar-refractivity contribution in [2.45, 2.75) is 45.6 Å². The Kier molecular flexibility index (Phi) is 4.26. The van der Waals surface area contributed by atoms with Crippen LogP contribution < -0.4 is 10.6 Å². The lowest BCUT2D eigenvalue weighted by atomic mass is 9.64. The first kappa shape index (κ1) is 17.4. The van der Waals surface area contributed by atoms with Gasteiger partial charge in [0.1, 0.15) is 12.1 Å². The Hall–Kier alpha value is -2.44. The van der Waals surface area contributed by atoms with E-state index in [4.69, 9.17) is 0 Å². The molecule has 1 spiro atoms. The van der Waals surface area contributed by atoms with E-state index in [1.807, 2.05) is 0 Å². The zero-order chi connectivity index (χ0) is 18.2. The molecule has 7 nitrogen and oxygen atoms in total. The highest BCUT2D eigenvalue weighted by molar-refractivity contribution is 6.10. The van der Waals surface area contributed by atoms with Crippen LogP contribution >= 0.6 is 0 Å². The zero-order valence-corrected chi connectivity index (χ0v) is 14.8. The number of hydrogen-bond acceptors (Lipinski definition) is 4. The van der Waals surface area contributed by atoms with E-state index in [0.717, 1.165) is 11.3 Å². The maximum atomic E-state index is 13.0. The van der Waals surface area contributed by atoms with Crippen LogP contribution in [0.5, 0.6) is 0 Å². The van der Waals surface area contributed by atoms with E-state index in [1.54, 1.807) is 24.5 Å². The van der Waals surface area contributed by atoms with Crippen LogP contribution in [0.3, 0.4) is 0 Å². The number of aromatic nitrogens is 1. The molecule has 2 fully saturated rings. The maximum absolute atomic E-state index is 13.0. The van der Waals surface area contributed by atoms with E-state index in [1.165, 1.54) is 0 Å². The van der Waals surface area contributed by atoms with Gasteiger partial charge in [0, 0.05) is 18.1 Å². The lowest BCUT2D eigenvalue weighted by molar-refractivity contribution is -0.136. The van der Waals surface area contributed by atoms with E-state index in [0.29, 0.717) is 24.4 Å². The van der Waals surface area contributed by atoms with Gasteiger partial charge in [0.05, 0.1) is 0 Å². The molecule has 1 aromatic rings. The van der Waals surface area contributed by atoms with Crippen molar-refractivity contribution in [2.24, 2.45) is 11.3 Å². The molecule has 134 valence electrons. The largest absolute Gasteiger partial charge is 0.325 e. The Morgan fingerprint density at radius 1 is 1.32 bits per heavy atom. The van der Waals surface area contributed by atoms with E-state index in [2.05, 4.69) is 36.4 Å². The number of rotatable bonds is 3. The molecule has 1 aromatic heterocycles. The number of nitrogens with one attached hydrogen (secondary N) is 2. The number of carbonyl (C=O) groups excluding carboxylic acids is 3. The van der Waals surface area contributed by atoms with Crippen LogP contribution in [0.2, 0.25) is 0 Å². The predicted molar refractivity (Wildman–Crippen MR) is 92.6 cm³/mol. The number of pyridine rings is 1. The molecule has 25 heavy (non-hydrogen) atoms. The van der Waals surface area contributed by atoms with Crippen molar-refractivity contribution >= 4 is 23.5 Å². The van der Waals surface area contributed by atoms with Gasteiger partial charge in [-0.1, -0.05) is 20.8 Å². The number of imide groups is 1. The van der Waals surface area contributed by atoms with Gasteiger partial charge in [-0.15, -0.1) is 0 Å². The van der Waals surface area contributed by atoms with Gasteiger partial charge in [-0.25, -0.2) is 4.79 Å². The predicted octanol–water partition coefficient (Wildman–Crippen LogP) is 2.16. The lowest BCUT2D eigenvalue weighted by Crippen LogP contribution is -2.54. The minimum atomic E-state index is -0.880. The highest BCUT2D eigenvalue weighted by Gasteiger charge is 2.56. The highest BCUT2D eigenvalue weighted by Crippen LogP contribution is 2.46. The summed E-state index contributed by atoms with van der Waals surface area (Å²) in [6.45, 7) is 6.04. The van der Waals surface area contributed by atoms with E-state index in [9.17, 15) is 14.4 Å². The van der Waals surface area contributed by atoms with Gasteiger partial charge in [0.25, 0.3) is 5.91 Å². The standard InChI is InChI=1S/C18H24N4O3/c1-12-8-17(2,3)11-18(9-12)15(24)22(16(25)21-18)10-14(23)20-13-4-6-19-7-5-13/h4-7,12H,8-11H2,1-3H3,(H,21,25)(H,19,20,23). The summed E-state index contributed by atoms with van der Waals surface area (Å²) in [5.41, 5.74) is -0.334. The lowest BCUT2D eigenvalue weighted by Gasteiger charge is -2.43. The van der Waals surface area contributed by atoms with Gasteiger partial charge in [-0.2, -0.15) is 0 Å². The summed E-state index contributed by atoms with van der Waals surface area (Å²) in [5.74, 6) is -0.365. The topological polar surface area (TPSA) is 91.4 Å². The number of anilines is 1. The number of amides is 4. The van der Waals surface area contributed by atoms with Crippen LogP contribution in [0.15, 0.2) is 24.5 Å². The van der Waals surface area contributed by atoms with Gasteiger partial charge in [0.2, 0.25) is 5.91 Å². The molecule has 4 amide bonds. The van der Waals surface area contributed by atoms with Crippen molar-refractivity contribution in [3.05, 3.63) is 24.5 Å². The summed E-state index contributed by atoms with van der Waals surface area (Å²) in [6.07, 6.45) is 5.34. The van der Waals surface area contributed by atoms with Crippen molar-refractivity contribution in [2.75, 3.05) is 11.9 Å². The SMILES string of the molecule is CC1CC(C)(C)CC2(C1)NC(=O)N(CC(=O)Nc1ccncc1)C2=O. The molecule has 2 aliphatic rings. The molecule has 7 heteroatoms. The third kappa shape index (κ3) is 3.50. The molecule has 0 aromatic carbocycles. The van der Waals surface area contributed by atoms with Crippen LogP contribution in [0.25, 0.3) is 0 Å². The van der Waals surface area contributed by atoms with Crippen molar-refractivity contribution in [3.8, 4) is 0 Å². The van der Waals surface area contributed by atoms with E-state index >= 15 is 0 Å². The molecular weight excluding hydrogens is 320 g/mol. The summed E-state index contributed by atoms with van der Waals surface area (Å²) in [6, 6.07) is 2.81. The molecule has 1 aliphatic heterocycles. The second-order valence-electron chi connectivity index (χ2n) is 8.04. The minimum absolute atomic E-state index is 0.0318. The molecule has 2 atom stereocenters. The molecule has 3 rings (SSSR count). The average molecular weight is 344 g/mol. The fourth-order valence-electron chi connectivity index (χ4n) is 4.43. The first-order valence-electron chi connectivity index (χ1n) is 8.55. The molecule has 2 unspecified atom stereocenters. The minimum Gasteiger partial charge on any atom is -0.324 e. The van der Waals surface area contributed by atoms with Gasteiger partial charge in [-0.3, -0.25) is 19.5 Å². The summed E-state index contributed by atoms with van der Waals surface area (Å²) < 4.78 is 0. The van der Waals surface area contributed by atoms with Gasteiger partial charge >= 0.3 is 6.03 Å². The van der Waals surface area contributed by atoms with Crippen LogP contribution in [-0.4, -0.2) is 39.8 Å². The van der Waals surface area contributed by atoms with Crippen LogP contribution in [0.1, 0.15) is 40.0 Å². The summed E-state index contributed by atoms with van der Waals surface area (Å²) in [5, 5.41) is 5.55. The van der Waals surface area contributed by atoms with Gasteiger partial charge < -0.3 is 10.6 Å². The third-order valence-corrected chi connectivity index (χ3v) is 4.89. The Bertz CT molecular complexity index is 704. The number of carbonyl (C=O) groups is 3. The maximum Gasteiger partial charge on any atom is 0.325 e. The third-order valence-electron chi connectivity index (χ3n) is 4.89. The van der Waals surface area contributed by atoms with E-state index < -0.39 is 17.5 Å². The molecule has 0 radical (unpaired) electrons. The van der Waals surface area contributed by atoms with Crippen molar-refractivity contribution < 1.29 is 14.4 Å². The Labute approximate surface area is 147 Å². The quantitative estimate of drug-likeness (QED) is 0.822. The molecule has 1 saturated heterocycles. The number of nitrogens with zero attached hydrogens (tertiary/aromatic N) is 2. The Morgan fingerprint density at radius 3 is 2.64 bits per heavy atom. The fraction of sp³-hybridized carbons (Fsp3) is 0.556. The molecule has 2 heterocycles. The highest BCUT2D eigenvalue weighted by atomic mass is 16.2. The second kappa shape index (κ2) is 6.13. The molecule has 0 bridgehead atoms. The monoisotopic (exact) mass is 344 g/mol. The fourth-order valence-corrected chi connectivity index (χ4v) is 4.43. The van der Waals surface area contributed by atoms with Gasteiger partial charge in [0.15, 0.2) is 0 Å². The van der Waals surface area contributed by atoms with E-state index in [-0.39, 0.29) is 17.9 Å². The first-order chi connectivity index (χ1) is 11.7. The molecule has 1 aliphatic carbocycles. The van der Waals surface area contributed by atoms with Gasteiger partial charge in [-0.05, 0) is 42.7 Å². The smallest absolute Gasteiger partial charge is 0.324 e. The van der Waals surface area contributed by atoms with Crippen molar-refractivity contribution in [1.29, 1.82) is 0 Å². The molecule has 2 N–H and O–H groups in total. The summed E-state index contributed by atoms with van der Waals surface area (Å²) in [7, 11) is 0. The zero-order valence-electron chi connectivity index (χ0n) is 14.8. The Balaban J connectivity index is 1.72.